The molecule has 1 aromatic heterocycles. The number of hydrogen-bond acceptors (Lipinski definition) is 3. The first-order chi connectivity index (χ1) is 8.16. The number of aromatic nitrogens is 1. The zero-order chi connectivity index (χ0) is 12.3. The zero-order valence-corrected chi connectivity index (χ0v) is 10.1. The number of ether oxygens (including phenoxy) is 1. The number of rotatable bonds is 3. The fourth-order valence-corrected chi connectivity index (χ4v) is 1.59. The van der Waals surface area contributed by atoms with Gasteiger partial charge in [-0.15, -0.1) is 0 Å². The average molecular weight is 228 g/mol. The maximum atomic E-state index is 5.90. The lowest BCUT2D eigenvalue weighted by Crippen LogP contribution is -2.06. The largest absolute Gasteiger partial charge is 0.455 e. The first kappa shape index (κ1) is 11.6. The Balaban J connectivity index is 2.26. The summed E-state index contributed by atoms with van der Waals surface area (Å²) in [6, 6.07) is 11.6. The minimum atomic E-state index is -0.0513. The summed E-state index contributed by atoms with van der Waals surface area (Å²) in [4.78, 5) is 4.19. The lowest BCUT2D eigenvalue weighted by Gasteiger charge is -2.13. The molecule has 1 heterocycles. The molecule has 1 aromatic carbocycles. The van der Waals surface area contributed by atoms with Crippen LogP contribution in [0.5, 0.6) is 11.5 Å². The second-order valence-corrected chi connectivity index (χ2v) is 4.06. The Hall–Kier alpha value is -1.87. The van der Waals surface area contributed by atoms with Gasteiger partial charge in [0.15, 0.2) is 0 Å². The Morgan fingerprint density at radius 1 is 1.18 bits per heavy atom. The summed E-state index contributed by atoms with van der Waals surface area (Å²) < 4.78 is 5.78. The van der Waals surface area contributed by atoms with E-state index in [-0.39, 0.29) is 6.04 Å². The van der Waals surface area contributed by atoms with Gasteiger partial charge in [-0.25, -0.2) is 0 Å². The average Bonchev–Trinajstić information content (AvgIpc) is 2.32. The van der Waals surface area contributed by atoms with Gasteiger partial charge in [0.05, 0.1) is 6.20 Å². The Morgan fingerprint density at radius 2 is 1.94 bits per heavy atom. The maximum absolute atomic E-state index is 5.90. The normalized spacial score (nSPS) is 12.2. The van der Waals surface area contributed by atoms with Crippen LogP contribution in [-0.2, 0) is 0 Å². The van der Waals surface area contributed by atoms with Gasteiger partial charge in [0, 0.05) is 17.3 Å². The molecule has 3 heteroatoms. The zero-order valence-electron chi connectivity index (χ0n) is 10.1. The van der Waals surface area contributed by atoms with Crippen molar-refractivity contribution in [2.45, 2.75) is 19.9 Å². The third kappa shape index (κ3) is 2.82. The van der Waals surface area contributed by atoms with Gasteiger partial charge in [-0.3, -0.25) is 4.98 Å². The molecular weight excluding hydrogens is 212 g/mol. The number of pyridine rings is 1. The number of benzene rings is 1. The van der Waals surface area contributed by atoms with Gasteiger partial charge >= 0.3 is 0 Å². The molecule has 0 spiro atoms. The molecule has 0 saturated heterocycles. The van der Waals surface area contributed by atoms with Gasteiger partial charge in [0.2, 0.25) is 0 Å². The van der Waals surface area contributed by atoms with Crippen LogP contribution in [0.1, 0.15) is 24.2 Å². The van der Waals surface area contributed by atoms with Gasteiger partial charge in [0.1, 0.15) is 11.5 Å². The second kappa shape index (κ2) is 4.97. The Labute approximate surface area is 101 Å². The summed E-state index contributed by atoms with van der Waals surface area (Å²) in [6.07, 6.45) is 1.72. The third-order valence-electron chi connectivity index (χ3n) is 2.52. The van der Waals surface area contributed by atoms with Crippen LogP contribution in [0.2, 0.25) is 0 Å². The van der Waals surface area contributed by atoms with E-state index in [1.165, 1.54) is 0 Å². The first-order valence-electron chi connectivity index (χ1n) is 5.62. The van der Waals surface area contributed by atoms with Crippen LogP contribution >= 0.6 is 0 Å². The lowest BCUT2D eigenvalue weighted by molar-refractivity contribution is 0.469. The van der Waals surface area contributed by atoms with E-state index < -0.39 is 0 Å². The predicted octanol–water partition coefficient (Wildman–Crippen LogP) is 3.20. The minimum absolute atomic E-state index is 0.0513. The van der Waals surface area contributed by atoms with Crippen molar-refractivity contribution in [3.05, 3.63) is 53.9 Å². The van der Waals surface area contributed by atoms with E-state index in [9.17, 15) is 0 Å². The topological polar surface area (TPSA) is 48.1 Å². The highest BCUT2D eigenvalue weighted by molar-refractivity contribution is 5.38. The van der Waals surface area contributed by atoms with Crippen LogP contribution in [0, 0.1) is 6.92 Å². The molecule has 1 atom stereocenters. The number of para-hydroxylation sites is 1. The molecule has 0 aliphatic rings. The van der Waals surface area contributed by atoms with E-state index in [0.717, 1.165) is 22.8 Å². The summed E-state index contributed by atoms with van der Waals surface area (Å²) in [7, 11) is 0. The molecule has 17 heavy (non-hydrogen) atoms. The molecule has 3 nitrogen and oxygen atoms in total. The number of hydrogen-bond donors (Lipinski definition) is 1. The van der Waals surface area contributed by atoms with E-state index in [0.29, 0.717) is 0 Å². The highest BCUT2D eigenvalue weighted by atomic mass is 16.5. The molecule has 0 radical (unpaired) electrons. The quantitative estimate of drug-likeness (QED) is 0.877. The fourth-order valence-electron chi connectivity index (χ4n) is 1.59. The second-order valence-electron chi connectivity index (χ2n) is 4.06. The Kier molecular flexibility index (Phi) is 3.40. The lowest BCUT2D eigenvalue weighted by atomic mass is 10.1. The van der Waals surface area contributed by atoms with Crippen LogP contribution in [0.25, 0.3) is 0 Å². The predicted molar refractivity (Wildman–Crippen MR) is 68.1 cm³/mol. The van der Waals surface area contributed by atoms with Crippen LogP contribution in [0.4, 0.5) is 0 Å². The van der Waals surface area contributed by atoms with Crippen LogP contribution in [-0.4, -0.2) is 4.98 Å². The standard InChI is InChI=1S/C14H16N2O/c1-10-7-8-12(9-16-10)17-14-6-4-3-5-13(14)11(2)15/h3-9,11H,15H2,1-2H3/t11-/m0/s1. The third-order valence-corrected chi connectivity index (χ3v) is 2.52. The van der Waals surface area contributed by atoms with Gasteiger partial charge in [-0.05, 0) is 32.0 Å². The van der Waals surface area contributed by atoms with Crippen molar-refractivity contribution < 1.29 is 4.74 Å². The summed E-state index contributed by atoms with van der Waals surface area (Å²) in [5.74, 6) is 1.51. The SMILES string of the molecule is Cc1ccc(Oc2ccccc2[C@H](C)N)cn1. The van der Waals surface area contributed by atoms with E-state index in [2.05, 4.69) is 4.98 Å². The van der Waals surface area contributed by atoms with Crippen molar-refractivity contribution in [2.24, 2.45) is 5.73 Å². The Morgan fingerprint density at radius 3 is 2.59 bits per heavy atom. The number of aryl methyl sites for hydroxylation is 1. The van der Waals surface area contributed by atoms with Crippen LogP contribution in [0.3, 0.4) is 0 Å². The van der Waals surface area contributed by atoms with Crippen molar-refractivity contribution in [1.82, 2.24) is 4.98 Å². The van der Waals surface area contributed by atoms with E-state index in [1.54, 1.807) is 6.20 Å². The van der Waals surface area contributed by atoms with Crippen molar-refractivity contribution >= 4 is 0 Å². The summed E-state index contributed by atoms with van der Waals surface area (Å²) in [5, 5.41) is 0. The Bertz CT molecular complexity index is 492. The summed E-state index contributed by atoms with van der Waals surface area (Å²) in [6.45, 7) is 3.88. The van der Waals surface area contributed by atoms with Gasteiger partial charge in [-0.2, -0.15) is 0 Å². The van der Waals surface area contributed by atoms with Crippen molar-refractivity contribution in [3.8, 4) is 11.5 Å². The van der Waals surface area contributed by atoms with Gasteiger partial charge < -0.3 is 10.5 Å². The molecule has 0 unspecified atom stereocenters. The van der Waals surface area contributed by atoms with Gasteiger partial charge in [-0.1, -0.05) is 18.2 Å². The van der Waals surface area contributed by atoms with Crippen LogP contribution < -0.4 is 10.5 Å². The van der Waals surface area contributed by atoms with E-state index in [1.807, 2.05) is 50.2 Å². The van der Waals surface area contributed by atoms with E-state index in [4.69, 9.17) is 10.5 Å². The monoisotopic (exact) mass is 228 g/mol. The molecule has 2 aromatic rings. The maximum Gasteiger partial charge on any atom is 0.145 e. The first-order valence-corrected chi connectivity index (χ1v) is 5.62. The fraction of sp³-hybridized carbons (Fsp3) is 0.214. The molecule has 0 aliphatic heterocycles. The van der Waals surface area contributed by atoms with E-state index >= 15 is 0 Å². The summed E-state index contributed by atoms with van der Waals surface area (Å²) >= 11 is 0. The van der Waals surface area contributed by atoms with Crippen molar-refractivity contribution in [2.75, 3.05) is 0 Å². The van der Waals surface area contributed by atoms with Crippen molar-refractivity contribution in [1.29, 1.82) is 0 Å². The molecular formula is C14H16N2O. The number of nitrogens with zero attached hydrogens (tertiary/aromatic N) is 1. The molecule has 0 saturated carbocycles. The molecule has 0 aliphatic carbocycles. The van der Waals surface area contributed by atoms with Crippen molar-refractivity contribution in [3.63, 3.8) is 0 Å². The van der Waals surface area contributed by atoms with Gasteiger partial charge in [0.25, 0.3) is 0 Å². The highest BCUT2D eigenvalue weighted by Crippen LogP contribution is 2.27. The van der Waals surface area contributed by atoms with Crippen LogP contribution in [0.15, 0.2) is 42.6 Å². The highest BCUT2D eigenvalue weighted by Gasteiger charge is 2.07. The molecule has 88 valence electrons. The molecule has 0 amide bonds. The minimum Gasteiger partial charge on any atom is -0.455 e. The number of nitrogens with two attached hydrogens (primary N) is 1. The smallest absolute Gasteiger partial charge is 0.145 e. The summed E-state index contributed by atoms with van der Waals surface area (Å²) in [5.41, 5.74) is 7.86. The molecule has 0 bridgehead atoms. The molecule has 2 N–H and O–H groups in total. The molecule has 2 rings (SSSR count). The molecule has 0 fully saturated rings.